The lowest BCUT2D eigenvalue weighted by molar-refractivity contribution is 0.509. The van der Waals surface area contributed by atoms with Gasteiger partial charge in [-0.05, 0) is 61.2 Å². The summed E-state index contributed by atoms with van der Waals surface area (Å²) in [4.78, 5) is 1.30. The summed E-state index contributed by atoms with van der Waals surface area (Å²) in [6, 6.07) is 8.05. The van der Waals surface area contributed by atoms with Crippen LogP contribution >= 0.6 is 23.4 Å². The molecule has 0 atom stereocenters. The number of hydrogen-bond donors (Lipinski definition) is 1. The molecule has 1 saturated carbocycles. The van der Waals surface area contributed by atoms with Crippen molar-refractivity contribution < 1.29 is 0 Å². The molecule has 0 heterocycles. The fraction of sp³-hybridized carbons (Fsp3) is 0.500. The standard InChI is InChI=1S/C12H16ClNS/c13-10-1-3-11(4-2-10)15-8-7-12(9-14)5-6-12/h1-4H,5-9,14H2. The third-order valence-corrected chi connectivity index (χ3v) is 4.37. The molecule has 3 heteroatoms. The van der Waals surface area contributed by atoms with Gasteiger partial charge in [0.2, 0.25) is 0 Å². The zero-order valence-corrected chi connectivity index (χ0v) is 10.3. The second-order valence-electron chi connectivity index (χ2n) is 4.26. The number of hydrogen-bond acceptors (Lipinski definition) is 2. The summed E-state index contributed by atoms with van der Waals surface area (Å²) in [5.74, 6) is 1.17. The molecule has 2 rings (SSSR count). The molecule has 15 heavy (non-hydrogen) atoms. The van der Waals surface area contributed by atoms with Crippen molar-refractivity contribution in [3.63, 3.8) is 0 Å². The molecule has 0 saturated heterocycles. The van der Waals surface area contributed by atoms with E-state index in [1.807, 2.05) is 23.9 Å². The van der Waals surface area contributed by atoms with E-state index in [1.54, 1.807) is 0 Å². The molecular weight excluding hydrogens is 226 g/mol. The van der Waals surface area contributed by atoms with Gasteiger partial charge in [-0.15, -0.1) is 11.8 Å². The van der Waals surface area contributed by atoms with Crippen molar-refractivity contribution in [1.82, 2.24) is 0 Å². The third kappa shape index (κ3) is 3.13. The average Bonchev–Trinajstić information content (AvgIpc) is 3.02. The van der Waals surface area contributed by atoms with Gasteiger partial charge in [0.15, 0.2) is 0 Å². The first-order valence-electron chi connectivity index (χ1n) is 5.33. The van der Waals surface area contributed by atoms with Crippen LogP contribution in [0.1, 0.15) is 19.3 Å². The van der Waals surface area contributed by atoms with Gasteiger partial charge in [-0.1, -0.05) is 11.6 Å². The van der Waals surface area contributed by atoms with E-state index in [-0.39, 0.29) is 0 Å². The number of nitrogens with two attached hydrogens (primary N) is 1. The van der Waals surface area contributed by atoms with Gasteiger partial charge in [-0.25, -0.2) is 0 Å². The van der Waals surface area contributed by atoms with E-state index >= 15 is 0 Å². The predicted molar refractivity (Wildman–Crippen MR) is 67.5 cm³/mol. The summed E-state index contributed by atoms with van der Waals surface area (Å²) in [5, 5.41) is 0.806. The zero-order valence-electron chi connectivity index (χ0n) is 8.71. The summed E-state index contributed by atoms with van der Waals surface area (Å²) >= 11 is 7.72. The Balaban J connectivity index is 1.76. The maximum Gasteiger partial charge on any atom is 0.0406 e. The summed E-state index contributed by atoms with van der Waals surface area (Å²) in [7, 11) is 0. The zero-order chi connectivity index (χ0) is 10.7. The van der Waals surface area contributed by atoms with E-state index in [9.17, 15) is 0 Å². The maximum absolute atomic E-state index is 5.82. The highest BCUT2D eigenvalue weighted by Crippen LogP contribution is 2.48. The second kappa shape index (κ2) is 4.77. The van der Waals surface area contributed by atoms with Crippen molar-refractivity contribution in [3.8, 4) is 0 Å². The molecule has 0 unspecified atom stereocenters. The topological polar surface area (TPSA) is 26.0 Å². The minimum atomic E-state index is 0.499. The number of halogens is 1. The lowest BCUT2D eigenvalue weighted by Gasteiger charge is -2.10. The minimum Gasteiger partial charge on any atom is -0.330 e. The van der Waals surface area contributed by atoms with Gasteiger partial charge in [0.1, 0.15) is 0 Å². The van der Waals surface area contributed by atoms with Gasteiger partial charge < -0.3 is 5.73 Å². The Morgan fingerprint density at radius 3 is 2.47 bits per heavy atom. The second-order valence-corrected chi connectivity index (χ2v) is 5.86. The lowest BCUT2D eigenvalue weighted by atomic mass is 10.1. The van der Waals surface area contributed by atoms with Crippen molar-refractivity contribution in [1.29, 1.82) is 0 Å². The van der Waals surface area contributed by atoms with Crippen LogP contribution in [0.4, 0.5) is 0 Å². The van der Waals surface area contributed by atoms with E-state index in [0.717, 1.165) is 11.6 Å². The normalized spacial score (nSPS) is 17.7. The van der Waals surface area contributed by atoms with Gasteiger partial charge >= 0.3 is 0 Å². The fourth-order valence-corrected chi connectivity index (χ4v) is 2.87. The van der Waals surface area contributed by atoms with Crippen LogP contribution in [0.3, 0.4) is 0 Å². The van der Waals surface area contributed by atoms with E-state index in [0.29, 0.717) is 5.41 Å². The van der Waals surface area contributed by atoms with Crippen LogP contribution in [-0.4, -0.2) is 12.3 Å². The molecule has 0 amide bonds. The van der Waals surface area contributed by atoms with Crippen LogP contribution in [0.25, 0.3) is 0 Å². The number of benzene rings is 1. The molecule has 82 valence electrons. The molecule has 1 fully saturated rings. The van der Waals surface area contributed by atoms with Gasteiger partial charge in [-0.2, -0.15) is 0 Å². The van der Waals surface area contributed by atoms with Crippen LogP contribution in [0, 0.1) is 5.41 Å². The van der Waals surface area contributed by atoms with E-state index in [1.165, 1.54) is 29.9 Å². The van der Waals surface area contributed by atoms with Crippen LogP contribution in [0.5, 0.6) is 0 Å². The monoisotopic (exact) mass is 241 g/mol. The number of thioether (sulfide) groups is 1. The maximum atomic E-state index is 5.82. The van der Waals surface area contributed by atoms with E-state index in [4.69, 9.17) is 17.3 Å². The molecule has 2 N–H and O–H groups in total. The van der Waals surface area contributed by atoms with Crippen molar-refractivity contribution >= 4 is 23.4 Å². The molecule has 0 aliphatic heterocycles. The SMILES string of the molecule is NCC1(CCSc2ccc(Cl)cc2)CC1. The Hall–Kier alpha value is -0.180. The van der Waals surface area contributed by atoms with E-state index < -0.39 is 0 Å². The Morgan fingerprint density at radius 2 is 1.93 bits per heavy atom. The Morgan fingerprint density at radius 1 is 1.27 bits per heavy atom. The Kier molecular flexibility index (Phi) is 3.60. The lowest BCUT2D eigenvalue weighted by Crippen LogP contribution is -2.15. The molecular formula is C12H16ClNS. The summed E-state index contributed by atoms with van der Waals surface area (Å²) < 4.78 is 0. The quantitative estimate of drug-likeness (QED) is 0.798. The van der Waals surface area contributed by atoms with Crippen molar-refractivity contribution in [2.75, 3.05) is 12.3 Å². The Labute approximate surface area is 100 Å². The predicted octanol–water partition coefficient (Wildman–Crippen LogP) is 3.56. The molecule has 1 aliphatic carbocycles. The molecule has 1 aromatic carbocycles. The van der Waals surface area contributed by atoms with Crippen LogP contribution < -0.4 is 5.73 Å². The molecule has 1 nitrogen and oxygen atoms in total. The van der Waals surface area contributed by atoms with Gasteiger partial charge in [0.05, 0.1) is 0 Å². The summed E-state index contributed by atoms with van der Waals surface area (Å²) in [6.07, 6.45) is 3.89. The molecule has 1 aliphatic rings. The van der Waals surface area contributed by atoms with Gasteiger partial charge in [0.25, 0.3) is 0 Å². The van der Waals surface area contributed by atoms with Crippen LogP contribution in [0.15, 0.2) is 29.2 Å². The molecule has 0 spiro atoms. The fourth-order valence-electron chi connectivity index (χ4n) is 1.65. The first-order valence-corrected chi connectivity index (χ1v) is 6.69. The van der Waals surface area contributed by atoms with E-state index in [2.05, 4.69) is 12.1 Å². The molecule has 0 aromatic heterocycles. The highest BCUT2D eigenvalue weighted by Gasteiger charge is 2.40. The first kappa shape index (κ1) is 11.3. The smallest absolute Gasteiger partial charge is 0.0406 e. The summed E-state index contributed by atoms with van der Waals surface area (Å²) in [5.41, 5.74) is 6.24. The molecule has 1 aromatic rings. The largest absolute Gasteiger partial charge is 0.330 e. The highest BCUT2D eigenvalue weighted by molar-refractivity contribution is 7.99. The molecule has 0 radical (unpaired) electrons. The number of rotatable bonds is 5. The van der Waals surface area contributed by atoms with Crippen LogP contribution in [-0.2, 0) is 0 Å². The van der Waals surface area contributed by atoms with Crippen molar-refractivity contribution in [2.24, 2.45) is 11.1 Å². The van der Waals surface area contributed by atoms with Crippen LogP contribution in [0.2, 0.25) is 5.02 Å². The van der Waals surface area contributed by atoms with Gasteiger partial charge in [0, 0.05) is 9.92 Å². The van der Waals surface area contributed by atoms with Crippen molar-refractivity contribution in [2.45, 2.75) is 24.2 Å². The summed E-state index contributed by atoms with van der Waals surface area (Å²) in [6.45, 7) is 0.855. The van der Waals surface area contributed by atoms with Gasteiger partial charge in [-0.3, -0.25) is 0 Å². The average molecular weight is 242 g/mol. The minimum absolute atomic E-state index is 0.499. The first-order chi connectivity index (χ1) is 7.24. The Bertz CT molecular complexity index is 319. The molecule has 0 bridgehead atoms. The highest BCUT2D eigenvalue weighted by atomic mass is 35.5. The third-order valence-electron chi connectivity index (χ3n) is 3.10. The van der Waals surface area contributed by atoms with Crippen molar-refractivity contribution in [3.05, 3.63) is 29.3 Å².